The summed E-state index contributed by atoms with van der Waals surface area (Å²) in [5, 5.41) is 10.9. The van der Waals surface area contributed by atoms with Gasteiger partial charge in [-0.3, -0.25) is 9.78 Å². The van der Waals surface area contributed by atoms with Gasteiger partial charge in [0.2, 0.25) is 0 Å². The Morgan fingerprint density at radius 1 is 0.974 bits per heavy atom. The number of pyridine rings is 1. The van der Waals surface area contributed by atoms with Crippen molar-refractivity contribution in [3.05, 3.63) is 77.1 Å². The molecule has 0 aliphatic heterocycles. The number of fused-ring (bicyclic) bond motifs is 3. The van der Waals surface area contributed by atoms with E-state index in [9.17, 15) is 9.90 Å². The van der Waals surface area contributed by atoms with E-state index in [0.29, 0.717) is 0 Å². The fourth-order valence-corrected chi connectivity index (χ4v) is 5.87. The summed E-state index contributed by atoms with van der Waals surface area (Å²) in [6, 6.07) is 19.0. The van der Waals surface area contributed by atoms with Gasteiger partial charge in [-0.2, -0.15) is 0 Å². The minimum Gasteiger partial charge on any atom is -0.512 e. The summed E-state index contributed by atoms with van der Waals surface area (Å²) in [7, 11) is 0. The van der Waals surface area contributed by atoms with Crippen LogP contribution in [0.15, 0.2) is 54.3 Å². The molecule has 5 rings (SSSR count). The van der Waals surface area contributed by atoms with Crippen LogP contribution in [0.4, 0.5) is 0 Å². The summed E-state index contributed by atoms with van der Waals surface area (Å²) in [6.45, 7) is 15.4. The zero-order chi connectivity index (χ0) is 27.8. The monoisotopic (exact) mass is 703 g/mol. The van der Waals surface area contributed by atoms with E-state index in [0.717, 1.165) is 34.5 Å². The minimum atomic E-state index is -0.417. The molecule has 2 aliphatic rings. The number of allylic oxidation sites excluding steroid dienone is 2. The third-order valence-corrected chi connectivity index (χ3v) is 8.10. The summed E-state index contributed by atoms with van der Waals surface area (Å²) < 4.78 is 0. The van der Waals surface area contributed by atoms with Crippen LogP contribution >= 0.6 is 0 Å². The molecule has 3 aromatic rings. The molecule has 4 heteroatoms. The van der Waals surface area contributed by atoms with Crippen molar-refractivity contribution >= 4 is 16.7 Å². The van der Waals surface area contributed by atoms with Crippen LogP contribution in [-0.2, 0) is 24.9 Å². The third-order valence-electron chi connectivity index (χ3n) is 8.10. The SMILES string of the molecule is CC(C)(C)C(=O)/C=C(\O)C(C)(C)C.Cc1[c-]c(-c2ccc3c(C4CC5CCC4C5)cccc3n2)cc(C)c1.[Ir]. The molecule has 2 fully saturated rings. The molecule has 1 heterocycles. The van der Waals surface area contributed by atoms with Gasteiger partial charge < -0.3 is 5.11 Å². The number of ketones is 1. The van der Waals surface area contributed by atoms with Crippen LogP contribution in [0.2, 0.25) is 0 Å². The van der Waals surface area contributed by atoms with Crippen LogP contribution in [0.5, 0.6) is 0 Å². The topological polar surface area (TPSA) is 50.2 Å². The van der Waals surface area contributed by atoms with Gasteiger partial charge >= 0.3 is 0 Å². The Morgan fingerprint density at radius 3 is 2.26 bits per heavy atom. The average Bonchev–Trinajstić information content (AvgIpc) is 3.46. The first-order valence-corrected chi connectivity index (χ1v) is 14.1. The number of carbonyl (C=O) groups excluding carboxylic acids is 1. The molecule has 39 heavy (non-hydrogen) atoms. The summed E-state index contributed by atoms with van der Waals surface area (Å²) in [6.07, 6.45) is 7.05. The van der Waals surface area contributed by atoms with Crippen molar-refractivity contribution in [3.63, 3.8) is 0 Å². The predicted octanol–water partition coefficient (Wildman–Crippen LogP) is 9.31. The smallest absolute Gasteiger partial charge is 0.164 e. The van der Waals surface area contributed by atoms with Gasteiger partial charge in [-0.05, 0) is 54.3 Å². The zero-order valence-electron chi connectivity index (χ0n) is 24.8. The number of rotatable bonds is 3. The summed E-state index contributed by atoms with van der Waals surface area (Å²) >= 11 is 0. The maximum absolute atomic E-state index is 11.5. The van der Waals surface area contributed by atoms with E-state index in [2.05, 4.69) is 62.4 Å². The molecule has 0 saturated heterocycles. The van der Waals surface area contributed by atoms with Crippen molar-refractivity contribution < 1.29 is 30.0 Å². The Labute approximate surface area is 248 Å². The molecule has 1 N–H and O–H groups in total. The van der Waals surface area contributed by atoms with E-state index in [1.54, 1.807) is 0 Å². The molecule has 2 saturated carbocycles. The van der Waals surface area contributed by atoms with Crippen molar-refractivity contribution in [1.29, 1.82) is 0 Å². The Hall–Kier alpha value is -2.29. The maximum Gasteiger partial charge on any atom is 0.164 e. The molecule has 3 unspecified atom stereocenters. The van der Waals surface area contributed by atoms with E-state index < -0.39 is 5.41 Å². The fourth-order valence-electron chi connectivity index (χ4n) is 5.87. The summed E-state index contributed by atoms with van der Waals surface area (Å²) in [5.74, 6) is 2.74. The Bertz CT molecular complexity index is 1340. The number of carbonyl (C=O) groups is 1. The largest absolute Gasteiger partial charge is 0.512 e. The number of aliphatic hydroxyl groups is 1. The average molecular weight is 703 g/mol. The van der Waals surface area contributed by atoms with Crippen LogP contribution in [0.1, 0.15) is 89.8 Å². The molecule has 1 aromatic heterocycles. The number of hydrogen-bond donors (Lipinski definition) is 1. The van der Waals surface area contributed by atoms with Crippen molar-refractivity contribution in [2.75, 3.05) is 0 Å². The molecule has 2 aromatic carbocycles. The fraction of sp³-hybridized carbons (Fsp3) is 0.486. The van der Waals surface area contributed by atoms with E-state index in [-0.39, 0.29) is 37.1 Å². The van der Waals surface area contributed by atoms with E-state index in [4.69, 9.17) is 4.98 Å². The second-order valence-electron chi connectivity index (χ2n) is 13.5. The minimum absolute atomic E-state index is 0. The number of aliphatic hydroxyl groups excluding tert-OH is 1. The first-order chi connectivity index (χ1) is 17.7. The molecule has 2 aliphatic carbocycles. The van der Waals surface area contributed by atoms with Crippen LogP contribution in [0, 0.1) is 42.6 Å². The Morgan fingerprint density at radius 2 is 1.69 bits per heavy atom. The van der Waals surface area contributed by atoms with Crippen molar-refractivity contribution in [3.8, 4) is 11.3 Å². The number of benzene rings is 2. The molecule has 211 valence electrons. The molecule has 0 amide bonds. The predicted molar refractivity (Wildman–Crippen MR) is 158 cm³/mol. The Balaban J connectivity index is 0.000000260. The summed E-state index contributed by atoms with van der Waals surface area (Å²) in [5.41, 5.74) is 6.48. The summed E-state index contributed by atoms with van der Waals surface area (Å²) in [4.78, 5) is 16.5. The van der Waals surface area contributed by atoms with Gasteiger partial charge in [-0.15, -0.1) is 34.9 Å². The van der Waals surface area contributed by atoms with Gasteiger partial charge in [0.05, 0.1) is 5.52 Å². The van der Waals surface area contributed by atoms with Crippen molar-refractivity contribution in [2.24, 2.45) is 22.7 Å². The van der Waals surface area contributed by atoms with E-state index in [1.165, 1.54) is 53.8 Å². The molecular weight excluding hydrogens is 659 g/mol. The van der Waals surface area contributed by atoms with Gasteiger partial charge in [-0.25, -0.2) is 0 Å². The molecule has 2 bridgehead atoms. The Kier molecular flexibility index (Phi) is 9.67. The number of nitrogens with zero attached hydrogens (tertiary/aromatic N) is 1. The number of aryl methyl sites for hydroxylation is 2. The van der Waals surface area contributed by atoms with Crippen LogP contribution in [-0.4, -0.2) is 15.9 Å². The maximum atomic E-state index is 11.5. The first-order valence-electron chi connectivity index (χ1n) is 14.1. The van der Waals surface area contributed by atoms with Gasteiger partial charge in [-0.1, -0.05) is 86.1 Å². The van der Waals surface area contributed by atoms with Crippen molar-refractivity contribution in [1.82, 2.24) is 4.98 Å². The van der Waals surface area contributed by atoms with Gasteiger partial charge in [0.15, 0.2) is 5.78 Å². The molecule has 3 atom stereocenters. The van der Waals surface area contributed by atoms with E-state index >= 15 is 0 Å². The van der Waals surface area contributed by atoms with Crippen molar-refractivity contribution in [2.45, 2.75) is 87.0 Å². The quantitative estimate of drug-likeness (QED) is 0.168. The molecule has 0 spiro atoms. The second-order valence-corrected chi connectivity index (χ2v) is 13.5. The number of hydrogen-bond acceptors (Lipinski definition) is 3. The molecule has 1 radical (unpaired) electrons. The van der Waals surface area contributed by atoms with Crippen LogP contribution in [0.25, 0.3) is 22.2 Å². The third kappa shape index (κ3) is 7.47. The molecular formula is C35H44IrNO2-. The van der Waals surface area contributed by atoms with Crippen LogP contribution in [0.3, 0.4) is 0 Å². The second kappa shape index (κ2) is 12.1. The normalized spacial score (nSPS) is 20.8. The van der Waals surface area contributed by atoms with Gasteiger partial charge in [0.25, 0.3) is 0 Å². The van der Waals surface area contributed by atoms with Crippen LogP contribution < -0.4 is 0 Å². The number of aromatic nitrogens is 1. The first kappa shape index (κ1) is 31.2. The van der Waals surface area contributed by atoms with Gasteiger partial charge in [0.1, 0.15) is 5.76 Å². The standard InChI is InChI=1S/C24H24N.C11H20O2.Ir/c1-15-10-16(2)12-19(11-15)23-9-8-21-20(4-3-5-24(21)25-23)22-14-17-6-7-18(22)13-17;1-10(2,3)8(12)7-9(13)11(4,5)6;/h3-5,8-11,17-18,22H,6-7,13-14H2,1-2H3;7,12H,1-6H3;/q-1;;/b;8-7-;. The van der Waals surface area contributed by atoms with Gasteiger partial charge in [0, 0.05) is 42.4 Å². The molecule has 3 nitrogen and oxygen atoms in total. The van der Waals surface area contributed by atoms with E-state index in [1.807, 2.05) is 41.5 Å². The zero-order valence-corrected chi connectivity index (χ0v) is 27.2.